The van der Waals surface area contributed by atoms with Crippen LogP contribution in [0.1, 0.15) is 81.1 Å². The summed E-state index contributed by atoms with van der Waals surface area (Å²) in [4.78, 5) is 0. The monoisotopic (exact) mass is 356 g/mol. The average molecular weight is 355 g/mol. The molecule has 2 nitrogen and oxygen atoms in total. The van der Waals surface area contributed by atoms with Crippen LogP contribution in [-0.4, -0.2) is 23.8 Å². The predicted octanol–water partition coefficient (Wildman–Crippen LogP) is 5.24. The first-order valence-corrected chi connectivity index (χ1v) is 10.2. The second-order valence-corrected chi connectivity index (χ2v) is 13.0. The van der Waals surface area contributed by atoms with Gasteiger partial charge in [-0.25, -0.2) is 0 Å². The first-order valence-electron chi connectivity index (χ1n) is 8.47. The third kappa shape index (κ3) is 1.66. The van der Waals surface area contributed by atoms with Gasteiger partial charge in [-0.1, -0.05) is 0 Å². The molecule has 1 aliphatic heterocycles. The van der Waals surface area contributed by atoms with Gasteiger partial charge in [0.1, 0.15) is 0 Å². The first-order chi connectivity index (χ1) is 9.33. The van der Waals surface area contributed by atoms with Crippen molar-refractivity contribution in [2.75, 3.05) is 0 Å². The molecule has 2 aliphatic carbocycles. The van der Waals surface area contributed by atoms with Gasteiger partial charge in [0.05, 0.1) is 0 Å². The molecule has 3 aliphatic rings. The van der Waals surface area contributed by atoms with Crippen LogP contribution in [-0.2, 0) is 0 Å². The van der Waals surface area contributed by atoms with E-state index in [1.807, 2.05) is 0 Å². The van der Waals surface area contributed by atoms with Crippen molar-refractivity contribution in [2.45, 2.75) is 89.9 Å². The Morgan fingerprint density at radius 2 is 0.762 bits per heavy atom. The molecule has 120 valence electrons. The number of rotatable bonds is 0. The first kappa shape index (κ1) is 16.0. The summed E-state index contributed by atoms with van der Waals surface area (Å²) >= 11 is 0.424. The van der Waals surface area contributed by atoms with Crippen molar-refractivity contribution in [2.24, 2.45) is 31.9 Å². The van der Waals surface area contributed by atoms with Gasteiger partial charge in [0.25, 0.3) is 0 Å². The Bertz CT molecular complexity index is 423. The number of nitrogens with zero attached hydrogens (tertiary/aromatic N) is 2. The minimum absolute atomic E-state index is 0.0892. The summed E-state index contributed by atoms with van der Waals surface area (Å²) in [6.45, 7) is 19.5. The van der Waals surface area contributed by atoms with Crippen LogP contribution in [0.25, 0.3) is 0 Å². The van der Waals surface area contributed by atoms with E-state index < -0.39 is 0 Å². The van der Waals surface area contributed by atoms with Crippen molar-refractivity contribution in [3.63, 3.8) is 0 Å². The fourth-order valence-corrected chi connectivity index (χ4v) is 9.66. The molecular weight excluding hydrogens is 323 g/mol. The zero-order valence-corrected chi connectivity index (χ0v) is 16.8. The van der Waals surface area contributed by atoms with E-state index in [9.17, 15) is 0 Å². The van der Waals surface area contributed by atoms with Gasteiger partial charge in [-0.3, -0.25) is 0 Å². The van der Waals surface area contributed by atoms with Crippen molar-refractivity contribution in [3.05, 3.63) is 0 Å². The molecule has 0 aromatic rings. The second kappa shape index (κ2) is 3.96. The van der Waals surface area contributed by atoms with Crippen LogP contribution < -0.4 is 0 Å². The Kier molecular flexibility index (Phi) is 3.01. The molecule has 0 aromatic heterocycles. The fraction of sp³-hybridized carbons (Fsp3) is 1.00. The third-order valence-electron chi connectivity index (χ3n) is 7.05. The maximum absolute atomic E-state index is 5.15. The van der Waals surface area contributed by atoms with E-state index in [1.54, 1.807) is 0 Å². The molecule has 2 spiro atoms. The quantitative estimate of drug-likeness (QED) is 0.531. The van der Waals surface area contributed by atoms with Crippen LogP contribution in [0.15, 0.2) is 10.2 Å². The van der Waals surface area contributed by atoms with Crippen LogP contribution in [0.5, 0.6) is 0 Å². The number of hydrogen-bond acceptors (Lipinski definition) is 2. The van der Waals surface area contributed by atoms with Gasteiger partial charge < -0.3 is 0 Å². The fourth-order valence-electron chi connectivity index (χ4n) is 5.25. The zero-order chi connectivity index (χ0) is 15.9. The summed E-state index contributed by atoms with van der Waals surface area (Å²) in [6.07, 6.45) is 5.16. The molecule has 0 bridgehead atoms. The van der Waals surface area contributed by atoms with Crippen LogP contribution in [0, 0.1) is 21.7 Å². The average Bonchev–Trinajstić information content (AvgIpc) is 2.90. The summed E-state index contributed by atoms with van der Waals surface area (Å²) in [7, 11) is 0. The van der Waals surface area contributed by atoms with E-state index in [-0.39, 0.29) is 30.5 Å². The molecule has 0 amide bonds. The molecule has 0 radical (unpaired) electrons. The molecular formula is C18H32N2Se. The summed E-state index contributed by atoms with van der Waals surface area (Å²) in [5.41, 5.74) is 1.16. The van der Waals surface area contributed by atoms with Crippen molar-refractivity contribution in [1.82, 2.24) is 0 Å². The van der Waals surface area contributed by atoms with Crippen molar-refractivity contribution < 1.29 is 0 Å². The van der Waals surface area contributed by atoms with Crippen LogP contribution >= 0.6 is 0 Å². The number of hydrogen-bond donors (Lipinski definition) is 0. The Balaban J connectivity index is 2.12. The topological polar surface area (TPSA) is 24.7 Å². The molecule has 3 rings (SSSR count). The Morgan fingerprint density at radius 1 is 0.524 bits per heavy atom. The molecule has 21 heavy (non-hydrogen) atoms. The van der Waals surface area contributed by atoms with Crippen molar-refractivity contribution in [1.29, 1.82) is 0 Å². The Morgan fingerprint density at radius 3 is 1.00 bits per heavy atom. The van der Waals surface area contributed by atoms with Gasteiger partial charge in [0.2, 0.25) is 0 Å². The summed E-state index contributed by atoms with van der Waals surface area (Å²) in [5, 5.41) is 10.3. The van der Waals surface area contributed by atoms with Gasteiger partial charge in [0.15, 0.2) is 0 Å². The summed E-state index contributed by atoms with van der Waals surface area (Å²) in [5.74, 6) is 0. The third-order valence-corrected chi connectivity index (χ3v) is 13.3. The summed E-state index contributed by atoms with van der Waals surface area (Å²) in [6, 6.07) is 0. The molecule has 0 aromatic carbocycles. The van der Waals surface area contributed by atoms with E-state index in [4.69, 9.17) is 10.2 Å². The SMILES string of the molecule is CC1(C)CCC(C)(C)C12N=NC1([Se]2)C(C)(C)CCC1(C)C. The van der Waals surface area contributed by atoms with Gasteiger partial charge in [-0.2, -0.15) is 0 Å². The molecule has 3 heteroatoms. The molecule has 0 atom stereocenters. The van der Waals surface area contributed by atoms with E-state index >= 15 is 0 Å². The molecule has 0 unspecified atom stereocenters. The normalized spacial score (nSPS) is 35.8. The minimum atomic E-state index is 0.0892. The summed E-state index contributed by atoms with van der Waals surface area (Å²) < 4.78 is 0.178. The molecule has 2 fully saturated rings. The Labute approximate surface area is 137 Å². The van der Waals surface area contributed by atoms with Gasteiger partial charge in [-0.15, -0.1) is 0 Å². The molecule has 0 saturated heterocycles. The van der Waals surface area contributed by atoms with E-state index in [1.165, 1.54) is 25.7 Å². The van der Waals surface area contributed by atoms with E-state index in [0.717, 1.165) is 0 Å². The van der Waals surface area contributed by atoms with Gasteiger partial charge in [0, 0.05) is 0 Å². The Hall–Kier alpha value is 0.119. The molecule has 1 heterocycles. The second-order valence-electron chi connectivity index (χ2n) is 10.1. The molecule has 0 N–H and O–H groups in total. The number of azo groups is 1. The standard InChI is InChI=1S/C18H32N2Se/c1-13(2)9-10-14(3,4)17(13)19-20-18(21-17)15(5,6)11-12-16(18,7)8/h9-12H2,1-8H3. The van der Waals surface area contributed by atoms with E-state index in [0.29, 0.717) is 15.0 Å². The van der Waals surface area contributed by atoms with Gasteiger partial charge >= 0.3 is 137 Å². The van der Waals surface area contributed by atoms with Crippen molar-refractivity contribution in [3.8, 4) is 0 Å². The van der Waals surface area contributed by atoms with Crippen molar-refractivity contribution >= 4 is 15.0 Å². The zero-order valence-electron chi connectivity index (χ0n) is 15.1. The molecule has 2 saturated carbocycles. The van der Waals surface area contributed by atoms with Crippen LogP contribution in [0.2, 0.25) is 0 Å². The van der Waals surface area contributed by atoms with Gasteiger partial charge in [-0.05, 0) is 0 Å². The predicted molar refractivity (Wildman–Crippen MR) is 89.7 cm³/mol. The van der Waals surface area contributed by atoms with Crippen LogP contribution in [0.4, 0.5) is 0 Å². The maximum atomic E-state index is 5.15. The van der Waals surface area contributed by atoms with E-state index in [2.05, 4.69) is 55.4 Å². The van der Waals surface area contributed by atoms with Crippen LogP contribution in [0.3, 0.4) is 0 Å².